The molecule has 1 unspecified atom stereocenters. The number of hydrogen-bond acceptors (Lipinski definition) is 3. The molecule has 2 N–H and O–H groups in total. The molecule has 1 aromatic rings. The lowest BCUT2D eigenvalue weighted by Crippen LogP contribution is -2.53. The minimum atomic E-state index is -3.56. The Hall–Kier alpha value is -1.50. The first-order valence-electron chi connectivity index (χ1n) is 10.1. The summed E-state index contributed by atoms with van der Waals surface area (Å²) in [7, 11) is -3.56. The fourth-order valence-electron chi connectivity index (χ4n) is 4.57. The Balaban J connectivity index is 1.61. The lowest BCUT2D eigenvalue weighted by Gasteiger charge is -2.44. The molecule has 0 bridgehead atoms. The molecule has 3 aliphatic rings. The van der Waals surface area contributed by atoms with E-state index in [1.54, 1.807) is 6.07 Å². The van der Waals surface area contributed by atoms with Gasteiger partial charge in [-0.25, -0.2) is 12.8 Å². The first-order valence-corrected chi connectivity index (χ1v) is 11.6. The third-order valence-electron chi connectivity index (χ3n) is 6.78. The van der Waals surface area contributed by atoms with Gasteiger partial charge in [0, 0.05) is 29.1 Å². The predicted octanol–water partition coefficient (Wildman–Crippen LogP) is 3.98. The molecular weight excluding hydrogens is 375 g/mol. The number of sulfonamides is 1. The Kier molecular flexibility index (Phi) is 4.80. The van der Waals surface area contributed by atoms with Crippen LogP contribution in [0.3, 0.4) is 0 Å². The predicted molar refractivity (Wildman–Crippen MR) is 109 cm³/mol. The number of halogens is 1. The van der Waals surface area contributed by atoms with Crippen LogP contribution in [0, 0.1) is 11.2 Å². The monoisotopic (exact) mass is 404 g/mol. The van der Waals surface area contributed by atoms with Crippen molar-refractivity contribution in [2.75, 3.05) is 0 Å². The largest absolute Gasteiger partial charge is 0.321 e. The van der Waals surface area contributed by atoms with Crippen molar-refractivity contribution in [3.63, 3.8) is 0 Å². The average molecular weight is 405 g/mol. The van der Waals surface area contributed by atoms with Gasteiger partial charge in [0.1, 0.15) is 5.82 Å². The van der Waals surface area contributed by atoms with Crippen molar-refractivity contribution < 1.29 is 12.8 Å². The van der Waals surface area contributed by atoms with Gasteiger partial charge in [-0.3, -0.25) is 0 Å². The molecule has 1 saturated carbocycles. The van der Waals surface area contributed by atoms with E-state index in [0.29, 0.717) is 18.4 Å². The topological polar surface area (TPSA) is 63.4 Å². The molecule has 28 heavy (non-hydrogen) atoms. The maximum atomic E-state index is 14.8. The van der Waals surface area contributed by atoms with E-state index < -0.39 is 26.2 Å². The Morgan fingerprint density at radius 2 is 2.00 bits per heavy atom. The van der Waals surface area contributed by atoms with Crippen molar-refractivity contribution in [1.82, 2.24) is 4.31 Å². The molecule has 6 heteroatoms. The van der Waals surface area contributed by atoms with Crippen molar-refractivity contribution >= 4 is 10.0 Å². The standard InChI is InChI=1S/C22H29FN2O2S/c1-16-6-9-20(21(2)10-4-3-5-11-21)28(26,27)25(16)15-17-7-8-18(14-19(17)23)22(24)12-13-22/h3-5,7-8,10,14,16,20H,6,9,11-13,15,24H2,1-2H3/t16-,20+,21?/m0/s1. The molecule has 152 valence electrons. The van der Waals surface area contributed by atoms with Gasteiger partial charge in [0.25, 0.3) is 0 Å². The Bertz CT molecular complexity index is 936. The van der Waals surface area contributed by atoms with E-state index >= 15 is 0 Å². The van der Waals surface area contributed by atoms with Gasteiger partial charge < -0.3 is 5.73 Å². The highest BCUT2D eigenvalue weighted by molar-refractivity contribution is 7.89. The summed E-state index contributed by atoms with van der Waals surface area (Å²) >= 11 is 0. The van der Waals surface area contributed by atoms with Gasteiger partial charge in [-0.2, -0.15) is 4.31 Å². The number of hydrogen-bond donors (Lipinski definition) is 1. The van der Waals surface area contributed by atoms with Crippen LogP contribution in [0.5, 0.6) is 0 Å². The first kappa shape index (κ1) is 19.8. The van der Waals surface area contributed by atoms with Gasteiger partial charge in [0.15, 0.2) is 0 Å². The van der Waals surface area contributed by atoms with Gasteiger partial charge in [-0.05, 0) is 50.7 Å². The van der Waals surface area contributed by atoms with Crippen LogP contribution in [0.1, 0.15) is 57.1 Å². The number of rotatable bonds is 4. The molecule has 1 saturated heterocycles. The van der Waals surface area contributed by atoms with Crippen LogP contribution in [-0.2, 0) is 22.1 Å². The van der Waals surface area contributed by atoms with Gasteiger partial charge in [0.05, 0.1) is 5.25 Å². The Labute approximate surface area is 167 Å². The summed E-state index contributed by atoms with van der Waals surface area (Å²) in [5, 5.41) is -0.487. The third kappa shape index (κ3) is 3.36. The lowest BCUT2D eigenvalue weighted by atomic mass is 9.78. The summed E-state index contributed by atoms with van der Waals surface area (Å²) in [5.74, 6) is -0.370. The van der Waals surface area contributed by atoms with Crippen molar-refractivity contribution in [3.05, 3.63) is 59.4 Å². The molecule has 4 nitrogen and oxygen atoms in total. The van der Waals surface area contributed by atoms with Gasteiger partial charge in [-0.15, -0.1) is 0 Å². The molecule has 3 atom stereocenters. The second kappa shape index (κ2) is 6.78. The Morgan fingerprint density at radius 1 is 1.25 bits per heavy atom. The average Bonchev–Trinajstić information content (AvgIpc) is 3.38. The normalized spacial score (nSPS) is 33.7. The van der Waals surface area contributed by atoms with Crippen LogP contribution in [-0.4, -0.2) is 24.0 Å². The van der Waals surface area contributed by atoms with E-state index in [0.717, 1.165) is 24.8 Å². The molecule has 0 amide bonds. The van der Waals surface area contributed by atoms with Crippen molar-refractivity contribution in [3.8, 4) is 0 Å². The van der Waals surface area contributed by atoms with Gasteiger partial charge in [-0.1, -0.05) is 43.4 Å². The molecule has 1 aliphatic heterocycles. The van der Waals surface area contributed by atoms with E-state index in [9.17, 15) is 12.8 Å². The fraction of sp³-hybridized carbons (Fsp3) is 0.545. The maximum Gasteiger partial charge on any atom is 0.218 e. The van der Waals surface area contributed by atoms with E-state index in [2.05, 4.69) is 0 Å². The highest BCUT2D eigenvalue weighted by Crippen LogP contribution is 2.44. The zero-order chi connectivity index (χ0) is 20.2. The van der Waals surface area contributed by atoms with Crippen molar-refractivity contribution in [2.24, 2.45) is 11.1 Å². The highest BCUT2D eigenvalue weighted by Gasteiger charge is 2.48. The summed E-state index contributed by atoms with van der Waals surface area (Å²) in [6.45, 7) is 3.99. The summed E-state index contributed by atoms with van der Waals surface area (Å²) in [4.78, 5) is 0. The third-order valence-corrected chi connectivity index (χ3v) is 9.42. The van der Waals surface area contributed by atoms with Crippen LogP contribution < -0.4 is 5.73 Å². The lowest BCUT2D eigenvalue weighted by molar-refractivity contribution is 0.243. The zero-order valence-corrected chi connectivity index (χ0v) is 17.4. The van der Waals surface area contributed by atoms with Crippen LogP contribution in [0.15, 0.2) is 42.5 Å². The smallest absolute Gasteiger partial charge is 0.218 e. The van der Waals surface area contributed by atoms with Crippen molar-refractivity contribution in [2.45, 2.75) is 69.3 Å². The van der Waals surface area contributed by atoms with Crippen LogP contribution in [0.4, 0.5) is 4.39 Å². The maximum absolute atomic E-state index is 14.8. The van der Waals surface area contributed by atoms with E-state index in [-0.39, 0.29) is 18.4 Å². The minimum Gasteiger partial charge on any atom is -0.321 e. The molecule has 4 rings (SSSR count). The summed E-state index contributed by atoms with van der Waals surface area (Å²) in [5.41, 5.74) is 6.55. The molecule has 1 aromatic carbocycles. The van der Waals surface area contributed by atoms with Crippen LogP contribution >= 0.6 is 0 Å². The van der Waals surface area contributed by atoms with E-state index in [4.69, 9.17) is 5.73 Å². The SMILES string of the molecule is C[C@H]1CC[C@H](C2(C)C=CC=CC2)S(=O)(=O)N1Cc1ccc(C2(N)CC2)cc1F. The molecule has 0 aromatic heterocycles. The fourth-order valence-corrected chi connectivity index (χ4v) is 7.12. The van der Waals surface area contributed by atoms with Gasteiger partial charge in [0.2, 0.25) is 10.0 Å². The van der Waals surface area contributed by atoms with Gasteiger partial charge >= 0.3 is 0 Å². The molecule has 0 spiro atoms. The quantitative estimate of drug-likeness (QED) is 0.826. The number of allylic oxidation sites excluding steroid dienone is 4. The highest BCUT2D eigenvalue weighted by atomic mass is 32.2. The van der Waals surface area contributed by atoms with E-state index in [1.807, 2.05) is 44.2 Å². The number of nitrogens with two attached hydrogens (primary N) is 1. The summed E-state index contributed by atoms with van der Waals surface area (Å²) < 4.78 is 43.3. The second-order valence-electron chi connectivity index (χ2n) is 8.96. The molecular formula is C22H29FN2O2S. The first-order chi connectivity index (χ1) is 13.2. The Morgan fingerprint density at radius 3 is 2.61 bits per heavy atom. The molecule has 0 radical (unpaired) electrons. The molecule has 2 aliphatic carbocycles. The molecule has 2 fully saturated rings. The number of benzene rings is 1. The van der Waals surface area contributed by atoms with Crippen LogP contribution in [0.25, 0.3) is 0 Å². The summed E-state index contributed by atoms with van der Waals surface area (Å²) in [6, 6.07) is 4.89. The van der Waals surface area contributed by atoms with E-state index in [1.165, 1.54) is 10.4 Å². The van der Waals surface area contributed by atoms with Crippen molar-refractivity contribution in [1.29, 1.82) is 0 Å². The summed E-state index contributed by atoms with van der Waals surface area (Å²) in [6.07, 6.45) is 11.8. The molecule has 1 heterocycles. The van der Waals surface area contributed by atoms with Crippen LogP contribution in [0.2, 0.25) is 0 Å². The second-order valence-corrected chi connectivity index (χ2v) is 11.0. The number of nitrogens with zero attached hydrogens (tertiary/aromatic N) is 1. The zero-order valence-electron chi connectivity index (χ0n) is 16.6. The minimum absolute atomic E-state index is 0.0688.